The molecule has 2 aromatic rings. The monoisotopic (exact) mass is 301 g/mol. The van der Waals surface area contributed by atoms with Gasteiger partial charge in [-0.15, -0.1) is 11.8 Å². The first kappa shape index (κ1) is 16.1. The number of hydrogen-bond donors (Lipinski definition) is 1. The van der Waals surface area contributed by atoms with Gasteiger partial charge < -0.3 is 10.1 Å². The normalized spacial score (nSPS) is 10.8. The molecule has 0 unspecified atom stereocenters. The number of aryl methyl sites for hydroxylation is 1. The van der Waals surface area contributed by atoms with Crippen molar-refractivity contribution in [2.75, 3.05) is 20.3 Å². The molecule has 3 heteroatoms. The van der Waals surface area contributed by atoms with Gasteiger partial charge in [-0.3, -0.25) is 0 Å². The number of nitrogens with one attached hydrogen (secondary N) is 1. The molecule has 2 nitrogen and oxygen atoms in total. The van der Waals surface area contributed by atoms with E-state index in [1.165, 1.54) is 21.6 Å². The summed E-state index contributed by atoms with van der Waals surface area (Å²) in [5.41, 5.74) is 4.05. The van der Waals surface area contributed by atoms with Crippen LogP contribution >= 0.6 is 11.8 Å². The highest BCUT2D eigenvalue weighted by Gasteiger charge is 2.03. The van der Waals surface area contributed by atoms with Crippen molar-refractivity contribution in [2.24, 2.45) is 0 Å². The fourth-order valence-corrected chi connectivity index (χ4v) is 3.15. The van der Waals surface area contributed by atoms with Gasteiger partial charge in [0, 0.05) is 30.8 Å². The Morgan fingerprint density at radius 2 is 1.95 bits per heavy atom. The molecular formula is C18H23NOS. The maximum absolute atomic E-state index is 5.06. The number of ether oxygens (including phenoxy) is 1. The molecule has 0 saturated carbocycles. The lowest BCUT2D eigenvalue weighted by Gasteiger charge is -2.10. The molecule has 2 aromatic carbocycles. The van der Waals surface area contributed by atoms with Crippen LogP contribution in [0.25, 0.3) is 0 Å². The van der Waals surface area contributed by atoms with Crippen molar-refractivity contribution in [3.05, 3.63) is 65.2 Å². The standard InChI is InChI=1S/C18H23NOS/c1-15-6-5-7-16(12-15)14-21-18-9-4-3-8-17(18)13-19-10-11-20-2/h3-9,12,19H,10-11,13-14H2,1-2H3. The summed E-state index contributed by atoms with van der Waals surface area (Å²) < 4.78 is 5.06. The highest BCUT2D eigenvalue weighted by Crippen LogP contribution is 2.26. The van der Waals surface area contributed by atoms with Crippen molar-refractivity contribution in [3.63, 3.8) is 0 Å². The lowest BCUT2D eigenvalue weighted by Crippen LogP contribution is -2.18. The van der Waals surface area contributed by atoms with Crippen LogP contribution in [-0.4, -0.2) is 20.3 Å². The molecule has 112 valence electrons. The topological polar surface area (TPSA) is 21.3 Å². The summed E-state index contributed by atoms with van der Waals surface area (Å²) in [6.45, 7) is 4.66. The molecule has 0 atom stereocenters. The smallest absolute Gasteiger partial charge is 0.0587 e. The van der Waals surface area contributed by atoms with Gasteiger partial charge in [-0.2, -0.15) is 0 Å². The van der Waals surface area contributed by atoms with Crippen molar-refractivity contribution < 1.29 is 4.74 Å². The third kappa shape index (κ3) is 5.54. The Kier molecular flexibility index (Phi) is 6.80. The molecule has 1 N–H and O–H groups in total. The van der Waals surface area contributed by atoms with E-state index in [0.29, 0.717) is 0 Å². The molecule has 0 radical (unpaired) electrons. The van der Waals surface area contributed by atoms with E-state index in [0.717, 1.165) is 25.4 Å². The molecule has 0 aliphatic rings. The minimum atomic E-state index is 0.749. The van der Waals surface area contributed by atoms with Crippen LogP contribution < -0.4 is 5.32 Å². The second kappa shape index (κ2) is 8.88. The van der Waals surface area contributed by atoms with E-state index < -0.39 is 0 Å². The van der Waals surface area contributed by atoms with E-state index in [9.17, 15) is 0 Å². The van der Waals surface area contributed by atoms with Crippen molar-refractivity contribution in [1.82, 2.24) is 5.32 Å². The second-order valence-corrected chi connectivity index (χ2v) is 6.07. The molecule has 21 heavy (non-hydrogen) atoms. The summed E-state index contributed by atoms with van der Waals surface area (Å²) in [6, 6.07) is 17.3. The Balaban J connectivity index is 1.93. The Morgan fingerprint density at radius 3 is 2.76 bits per heavy atom. The van der Waals surface area contributed by atoms with E-state index in [4.69, 9.17) is 4.74 Å². The molecule has 0 spiro atoms. The van der Waals surface area contributed by atoms with Crippen LogP contribution in [0.1, 0.15) is 16.7 Å². The molecule has 0 fully saturated rings. The van der Waals surface area contributed by atoms with Crippen LogP contribution in [0.4, 0.5) is 0 Å². The minimum Gasteiger partial charge on any atom is -0.383 e. The summed E-state index contributed by atoms with van der Waals surface area (Å²) in [4.78, 5) is 1.35. The molecule has 0 saturated heterocycles. The van der Waals surface area contributed by atoms with E-state index in [1.807, 2.05) is 11.8 Å². The minimum absolute atomic E-state index is 0.749. The molecule has 0 aromatic heterocycles. The third-order valence-electron chi connectivity index (χ3n) is 3.25. The Labute approximate surface area is 131 Å². The van der Waals surface area contributed by atoms with Crippen molar-refractivity contribution in [3.8, 4) is 0 Å². The fourth-order valence-electron chi connectivity index (χ4n) is 2.15. The number of rotatable bonds is 8. The second-order valence-electron chi connectivity index (χ2n) is 5.06. The number of hydrogen-bond acceptors (Lipinski definition) is 3. The Morgan fingerprint density at radius 1 is 1.10 bits per heavy atom. The van der Waals surface area contributed by atoms with Crippen LogP contribution in [0.2, 0.25) is 0 Å². The highest BCUT2D eigenvalue weighted by atomic mass is 32.2. The van der Waals surface area contributed by atoms with E-state index in [-0.39, 0.29) is 0 Å². The molecule has 0 amide bonds. The van der Waals surface area contributed by atoms with Gasteiger partial charge in [0.05, 0.1) is 6.61 Å². The third-order valence-corrected chi connectivity index (χ3v) is 4.43. The maximum Gasteiger partial charge on any atom is 0.0587 e. The summed E-state index contributed by atoms with van der Waals surface area (Å²) in [5.74, 6) is 1.01. The fraction of sp³-hybridized carbons (Fsp3) is 0.333. The molecule has 0 bridgehead atoms. The van der Waals surface area contributed by atoms with Crippen LogP contribution in [0.15, 0.2) is 53.4 Å². The molecule has 0 aliphatic carbocycles. The lowest BCUT2D eigenvalue weighted by atomic mass is 10.2. The molecular weight excluding hydrogens is 278 g/mol. The lowest BCUT2D eigenvalue weighted by molar-refractivity contribution is 0.199. The van der Waals surface area contributed by atoms with Gasteiger partial charge in [-0.05, 0) is 24.1 Å². The number of methoxy groups -OCH3 is 1. The van der Waals surface area contributed by atoms with Crippen molar-refractivity contribution in [2.45, 2.75) is 24.1 Å². The van der Waals surface area contributed by atoms with Gasteiger partial charge in [0.25, 0.3) is 0 Å². The molecule has 2 rings (SSSR count). The highest BCUT2D eigenvalue weighted by molar-refractivity contribution is 7.98. The Bertz CT molecular complexity index is 556. The van der Waals surface area contributed by atoms with Crippen LogP contribution in [0, 0.1) is 6.92 Å². The van der Waals surface area contributed by atoms with Crippen LogP contribution in [0.5, 0.6) is 0 Å². The van der Waals surface area contributed by atoms with Crippen molar-refractivity contribution in [1.29, 1.82) is 0 Å². The zero-order valence-corrected chi connectivity index (χ0v) is 13.6. The largest absolute Gasteiger partial charge is 0.383 e. The number of thioether (sulfide) groups is 1. The average Bonchev–Trinajstić information content (AvgIpc) is 2.50. The quantitative estimate of drug-likeness (QED) is 0.588. The van der Waals surface area contributed by atoms with Gasteiger partial charge in [-0.25, -0.2) is 0 Å². The first-order valence-corrected chi connectivity index (χ1v) is 8.24. The van der Waals surface area contributed by atoms with Gasteiger partial charge in [0.2, 0.25) is 0 Å². The van der Waals surface area contributed by atoms with Crippen molar-refractivity contribution >= 4 is 11.8 Å². The Hall–Kier alpha value is -1.29. The molecule has 0 aliphatic heterocycles. The van der Waals surface area contributed by atoms with Gasteiger partial charge in [0.15, 0.2) is 0 Å². The average molecular weight is 301 g/mol. The zero-order valence-electron chi connectivity index (χ0n) is 12.8. The SMILES string of the molecule is COCCNCc1ccccc1SCc1cccc(C)c1. The van der Waals surface area contributed by atoms with Gasteiger partial charge in [-0.1, -0.05) is 48.0 Å². The first-order chi connectivity index (χ1) is 10.3. The van der Waals surface area contributed by atoms with Gasteiger partial charge >= 0.3 is 0 Å². The predicted octanol–water partition coefficient (Wildman–Crippen LogP) is 4.02. The number of benzene rings is 2. The van der Waals surface area contributed by atoms with E-state index >= 15 is 0 Å². The van der Waals surface area contributed by atoms with Gasteiger partial charge in [0.1, 0.15) is 0 Å². The predicted molar refractivity (Wildman–Crippen MR) is 90.8 cm³/mol. The van der Waals surface area contributed by atoms with Crippen LogP contribution in [0.3, 0.4) is 0 Å². The summed E-state index contributed by atoms with van der Waals surface area (Å²) in [5, 5.41) is 3.41. The maximum atomic E-state index is 5.06. The summed E-state index contributed by atoms with van der Waals surface area (Å²) in [7, 11) is 1.73. The molecule has 0 heterocycles. The van der Waals surface area contributed by atoms with E-state index in [1.54, 1.807) is 7.11 Å². The summed E-state index contributed by atoms with van der Waals surface area (Å²) in [6.07, 6.45) is 0. The van der Waals surface area contributed by atoms with E-state index in [2.05, 4.69) is 60.8 Å². The summed E-state index contributed by atoms with van der Waals surface area (Å²) >= 11 is 1.90. The first-order valence-electron chi connectivity index (χ1n) is 7.25. The van der Waals surface area contributed by atoms with Crippen LogP contribution in [-0.2, 0) is 17.0 Å². The zero-order chi connectivity index (χ0) is 14.9.